The van der Waals surface area contributed by atoms with Gasteiger partial charge in [-0.15, -0.1) is 0 Å². The summed E-state index contributed by atoms with van der Waals surface area (Å²) in [6.45, 7) is 1.91. The zero-order chi connectivity index (χ0) is 17.7. The number of hydrogen-bond acceptors (Lipinski definition) is 5. The summed E-state index contributed by atoms with van der Waals surface area (Å²) in [6.07, 6.45) is 4.75. The predicted octanol–water partition coefficient (Wildman–Crippen LogP) is 3.20. The molecule has 1 N–H and O–H groups in total. The SMILES string of the molecule is Cc1cccc(-c2nc(-n3ccc4c(F)nccc43)c3[nH]cnc3n2)n1. The van der Waals surface area contributed by atoms with E-state index < -0.39 is 5.95 Å². The standard InChI is InChI=1S/C18H12FN7/c1-10-3-2-4-12(23-10)16-24-17-14(21-9-22-17)18(25-16)26-8-6-11-13(26)5-7-20-15(11)19/h2-9H,1H3,(H,21,22,24,25). The van der Waals surface area contributed by atoms with E-state index in [1.165, 1.54) is 6.20 Å². The Morgan fingerprint density at radius 1 is 1.04 bits per heavy atom. The van der Waals surface area contributed by atoms with E-state index in [0.717, 1.165) is 5.69 Å². The normalized spacial score (nSPS) is 11.5. The second kappa shape index (κ2) is 5.41. The quantitative estimate of drug-likeness (QED) is 0.497. The Labute approximate surface area is 146 Å². The Morgan fingerprint density at radius 3 is 2.85 bits per heavy atom. The average molecular weight is 345 g/mol. The zero-order valence-electron chi connectivity index (χ0n) is 13.7. The van der Waals surface area contributed by atoms with Gasteiger partial charge in [-0.2, -0.15) is 4.39 Å². The molecule has 5 heterocycles. The maximum absolute atomic E-state index is 14.0. The van der Waals surface area contributed by atoms with Crippen LogP contribution in [0.4, 0.5) is 4.39 Å². The van der Waals surface area contributed by atoms with Gasteiger partial charge in [-0.3, -0.25) is 4.57 Å². The lowest BCUT2D eigenvalue weighted by atomic mass is 10.3. The summed E-state index contributed by atoms with van der Waals surface area (Å²) in [6, 6.07) is 9.08. The molecule has 8 heteroatoms. The zero-order valence-corrected chi connectivity index (χ0v) is 13.7. The van der Waals surface area contributed by atoms with Crippen molar-refractivity contribution in [1.82, 2.24) is 34.5 Å². The van der Waals surface area contributed by atoms with Crippen molar-refractivity contribution in [3.05, 3.63) is 60.7 Å². The van der Waals surface area contributed by atoms with Crippen LogP contribution in [0, 0.1) is 12.9 Å². The van der Waals surface area contributed by atoms with Crippen LogP contribution < -0.4 is 0 Å². The molecule has 0 fully saturated rings. The molecule has 5 aromatic heterocycles. The van der Waals surface area contributed by atoms with Crippen molar-refractivity contribution in [3.63, 3.8) is 0 Å². The van der Waals surface area contributed by atoms with E-state index in [2.05, 4.69) is 29.9 Å². The molecule has 7 nitrogen and oxygen atoms in total. The first kappa shape index (κ1) is 14.6. The number of halogens is 1. The van der Waals surface area contributed by atoms with Crippen LogP contribution in [-0.2, 0) is 0 Å². The highest BCUT2D eigenvalue weighted by Gasteiger charge is 2.16. The van der Waals surface area contributed by atoms with Crippen molar-refractivity contribution in [3.8, 4) is 17.3 Å². The molecule has 0 aliphatic carbocycles. The lowest BCUT2D eigenvalue weighted by Crippen LogP contribution is -2.02. The molecule has 5 aromatic rings. The van der Waals surface area contributed by atoms with Crippen molar-refractivity contribution >= 4 is 22.1 Å². The maximum atomic E-state index is 14.0. The van der Waals surface area contributed by atoms with E-state index in [1.807, 2.05) is 25.1 Å². The largest absolute Gasteiger partial charge is 0.340 e. The summed E-state index contributed by atoms with van der Waals surface area (Å²) in [5.74, 6) is 0.516. The fraction of sp³-hybridized carbons (Fsp3) is 0.0556. The fourth-order valence-electron chi connectivity index (χ4n) is 2.99. The smallest absolute Gasteiger partial charge is 0.222 e. The van der Waals surface area contributed by atoms with Crippen LogP contribution in [0.15, 0.2) is 49.1 Å². The molecule has 126 valence electrons. The number of nitrogens with zero attached hydrogens (tertiary/aromatic N) is 6. The first-order valence-corrected chi connectivity index (χ1v) is 7.98. The van der Waals surface area contributed by atoms with Gasteiger partial charge in [0.2, 0.25) is 5.95 Å². The number of nitrogens with one attached hydrogen (secondary N) is 1. The van der Waals surface area contributed by atoms with Gasteiger partial charge in [0.15, 0.2) is 17.3 Å². The van der Waals surface area contributed by atoms with Gasteiger partial charge in [-0.05, 0) is 31.2 Å². The molecular formula is C18H12FN7. The summed E-state index contributed by atoms with van der Waals surface area (Å²) >= 11 is 0. The van der Waals surface area contributed by atoms with Crippen molar-refractivity contribution in [2.24, 2.45) is 0 Å². The maximum Gasteiger partial charge on any atom is 0.222 e. The van der Waals surface area contributed by atoms with Gasteiger partial charge in [0.05, 0.1) is 17.2 Å². The van der Waals surface area contributed by atoms with Crippen LogP contribution in [0.5, 0.6) is 0 Å². The van der Waals surface area contributed by atoms with Crippen LogP contribution in [0.25, 0.3) is 39.4 Å². The molecule has 0 saturated heterocycles. The highest BCUT2D eigenvalue weighted by molar-refractivity contribution is 5.86. The number of fused-ring (bicyclic) bond motifs is 2. The number of pyridine rings is 2. The van der Waals surface area contributed by atoms with Crippen LogP contribution in [0.1, 0.15) is 5.69 Å². The van der Waals surface area contributed by atoms with E-state index in [-0.39, 0.29) is 0 Å². The van der Waals surface area contributed by atoms with Gasteiger partial charge in [-0.1, -0.05) is 6.07 Å². The molecule has 0 amide bonds. The van der Waals surface area contributed by atoms with Crippen molar-refractivity contribution in [2.45, 2.75) is 6.92 Å². The van der Waals surface area contributed by atoms with Crippen LogP contribution in [-0.4, -0.2) is 34.5 Å². The molecule has 0 saturated carbocycles. The van der Waals surface area contributed by atoms with E-state index in [4.69, 9.17) is 0 Å². The molecular weight excluding hydrogens is 333 g/mol. The van der Waals surface area contributed by atoms with Gasteiger partial charge in [0.1, 0.15) is 11.2 Å². The second-order valence-electron chi connectivity index (χ2n) is 5.86. The first-order valence-electron chi connectivity index (χ1n) is 7.98. The molecule has 0 aliphatic heterocycles. The minimum Gasteiger partial charge on any atom is -0.340 e. The minimum atomic E-state index is -0.517. The third kappa shape index (κ3) is 2.16. The Hall–Kier alpha value is -3.68. The van der Waals surface area contributed by atoms with Crippen molar-refractivity contribution in [2.75, 3.05) is 0 Å². The van der Waals surface area contributed by atoms with Crippen molar-refractivity contribution in [1.29, 1.82) is 0 Å². The van der Waals surface area contributed by atoms with Crippen LogP contribution in [0.2, 0.25) is 0 Å². The summed E-state index contributed by atoms with van der Waals surface area (Å²) < 4.78 is 15.8. The molecule has 0 aliphatic rings. The molecule has 0 unspecified atom stereocenters. The summed E-state index contributed by atoms with van der Waals surface area (Å²) in [7, 11) is 0. The van der Waals surface area contributed by atoms with Gasteiger partial charge in [-0.25, -0.2) is 24.9 Å². The van der Waals surface area contributed by atoms with Gasteiger partial charge >= 0.3 is 0 Å². The average Bonchev–Trinajstić information content (AvgIpc) is 3.28. The molecule has 0 radical (unpaired) electrons. The van der Waals surface area contributed by atoms with E-state index in [9.17, 15) is 4.39 Å². The lowest BCUT2D eigenvalue weighted by molar-refractivity contribution is 0.597. The lowest BCUT2D eigenvalue weighted by Gasteiger charge is -2.08. The third-order valence-electron chi connectivity index (χ3n) is 4.18. The predicted molar refractivity (Wildman–Crippen MR) is 94.2 cm³/mol. The van der Waals surface area contributed by atoms with Gasteiger partial charge in [0.25, 0.3) is 0 Å². The number of aromatic nitrogens is 7. The molecule has 26 heavy (non-hydrogen) atoms. The Morgan fingerprint density at radius 2 is 1.96 bits per heavy atom. The monoisotopic (exact) mass is 345 g/mol. The Kier molecular flexibility index (Phi) is 3.05. The molecule has 0 spiro atoms. The number of aryl methyl sites for hydroxylation is 1. The first-order chi connectivity index (χ1) is 12.7. The highest BCUT2D eigenvalue weighted by atomic mass is 19.1. The van der Waals surface area contributed by atoms with E-state index >= 15 is 0 Å². The van der Waals surface area contributed by atoms with Gasteiger partial charge in [0, 0.05) is 18.1 Å². The van der Waals surface area contributed by atoms with Crippen molar-refractivity contribution < 1.29 is 4.39 Å². The number of imidazole rings is 1. The molecule has 0 atom stereocenters. The summed E-state index contributed by atoms with van der Waals surface area (Å²) in [5, 5.41) is 0.425. The number of aromatic amines is 1. The molecule has 0 aromatic carbocycles. The fourth-order valence-corrected chi connectivity index (χ4v) is 2.99. The summed E-state index contributed by atoms with van der Waals surface area (Å²) in [5.41, 5.74) is 3.37. The van der Waals surface area contributed by atoms with E-state index in [1.54, 1.807) is 29.2 Å². The highest BCUT2D eigenvalue weighted by Crippen LogP contribution is 2.26. The second-order valence-corrected chi connectivity index (χ2v) is 5.86. The number of rotatable bonds is 2. The van der Waals surface area contributed by atoms with E-state index in [0.29, 0.717) is 39.4 Å². The van der Waals surface area contributed by atoms with Gasteiger partial charge < -0.3 is 4.98 Å². The number of hydrogen-bond donors (Lipinski definition) is 1. The minimum absolute atomic E-state index is 0.425. The summed E-state index contributed by atoms with van der Waals surface area (Å²) in [4.78, 5) is 24.7. The van der Waals surface area contributed by atoms with Crippen LogP contribution >= 0.6 is 0 Å². The Bertz CT molecular complexity index is 1270. The topological polar surface area (TPSA) is 85.2 Å². The Balaban J connectivity index is 1.82. The van der Waals surface area contributed by atoms with Crippen LogP contribution in [0.3, 0.4) is 0 Å². The molecule has 0 bridgehead atoms. The molecule has 5 rings (SSSR count). The number of H-pyrrole nitrogens is 1. The third-order valence-corrected chi connectivity index (χ3v) is 4.18.